The summed E-state index contributed by atoms with van der Waals surface area (Å²) in [4.78, 5) is 0. The number of hydrogen-bond donors (Lipinski definition) is 2. The van der Waals surface area contributed by atoms with E-state index in [4.69, 9.17) is 0 Å². The molecular weight excluding hydrogens is 234 g/mol. The molecule has 1 aromatic rings. The topological polar surface area (TPSA) is 27.3 Å². The largest absolute Gasteiger partial charge is 0.240 e. The summed E-state index contributed by atoms with van der Waals surface area (Å²) < 4.78 is 0. The van der Waals surface area contributed by atoms with E-state index in [1.54, 1.807) is 0 Å². The van der Waals surface area contributed by atoms with Gasteiger partial charge in [0.1, 0.15) is 0 Å². The number of hydrogen-bond acceptors (Lipinski definition) is 3. The molecule has 3 nitrogen and oxygen atoms in total. The van der Waals surface area contributed by atoms with Crippen molar-refractivity contribution in [2.24, 2.45) is 0 Å². The quantitative estimate of drug-likeness (QED) is 0.815. The highest BCUT2D eigenvalue weighted by molar-refractivity contribution is 5.14. The number of rotatable bonds is 4. The summed E-state index contributed by atoms with van der Waals surface area (Å²) >= 11 is 0. The summed E-state index contributed by atoms with van der Waals surface area (Å²) in [5.41, 5.74) is 8.46. The Bertz CT molecular complexity index is 382. The minimum Gasteiger partial charge on any atom is -0.240 e. The second-order valence-electron chi connectivity index (χ2n) is 6.76. The summed E-state index contributed by atoms with van der Waals surface area (Å²) in [6.07, 6.45) is 3.77. The fourth-order valence-corrected chi connectivity index (χ4v) is 3.12. The Morgan fingerprint density at radius 2 is 1.58 bits per heavy atom. The molecule has 1 aromatic carbocycles. The highest BCUT2D eigenvalue weighted by atomic mass is 15.7. The van der Waals surface area contributed by atoms with Gasteiger partial charge in [-0.3, -0.25) is 0 Å². The molecule has 0 spiro atoms. The molecular formula is C16H27N3. The molecule has 1 fully saturated rings. The van der Waals surface area contributed by atoms with Gasteiger partial charge in [-0.15, -0.1) is 0 Å². The van der Waals surface area contributed by atoms with Crippen LogP contribution in [-0.4, -0.2) is 16.1 Å². The standard InChI is InChI=1S/C16H27N3/c1-15(2)11-8-12-16(3,4)19(15)18-17-13-14-9-6-5-7-10-14/h5-7,9-10,17-18H,8,11-13H2,1-4H3. The normalized spacial score (nSPS) is 22.3. The summed E-state index contributed by atoms with van der Waals surface area (Å²) in [5.74, 6) is 0. The molecule has 0 unspecified atom stereocenters. The molecule has 0 bridgehead atoms. The van der Waals surface area contributed by atoms with Crippen LogP contribution in [0.1, 0.15) is 52.5 Å². The maximum Gasteiger partial charge on any atom is 0.0364 e. The maximum absolute atomic E-state index is 3.43. The molecule has 19 heavy (non-hydrogen) atoms. The fraction of sp³-hybridized carbons (Fsp3) is 0.625. The van der Waals surface area contributed by atoms with Gasteiger partial charge in [-0.2, -0.15) is 5.53 Å². The molecule has 1 saturated heterocycles. The first kappa shape index (κ1) is 14.5. The number of nitrogens with zero attached hydrogens (tertiary/aromatic N) is 1. The average Bonchev–Trinajstić information content (AvgIpc) is 2.33. The zero-order valence-corrected chi connectivity index (χ0v) is 12.7. The van der Waals surface area contributed by atoms with Gasteiger partial charge >= 0.3 is 0 Å². The van der Waals surface area contributed by atoms with Gasteiger partial charge in [0.2, 0.25) is 0 Å². The molecule has 0 saturated carbocycles. The van der Waals surface area contributed by atoms with E-state index in [1.807, 2.05) is 6.07 Å². The number of benzene rings is 1. The Balaban J connectivity index is 1.93. The Hall–Kier alpha value is -0.900. The van der Waals surface area contributed by atoms with E-state index in [0.717, 1.165) is 6.54 Å². The lowest BCUT2D eigenvalue weighted by molar-refractivity contribution is -0.0841. The zero-order valence-electron chi connectivity index (χ0n) is 12.7. The molecule has 1 aliphatic rings. The second-order valence-corrected chi connectivity index (χ2v) is 6.76. The van der Waals surface area contributed by atoms with E-state index in [9.17, 15) is 0 Å². The Morgan fingerprint density at radius 1 is 1.00 bits per heavy atom. The van der Waals surface area contributed by atoms with Crippen molar-refractivity contribution in [2.75, 3.05) is 0 Å². The third-order valence-electron chi connectivity index (χ3n) is 4.11. The lowest BCUT2D eigenvalue weighted by Crippen LogP contribution is -2.66. The third kappa shape index (κ3) is 3.56. The molecule has 0 aromatic heterocycles. The van der Waals surface area contributed by atoms with Gasteiger partial charge in [0.25, 0.3) is 0 Å². The molecule has 2 rings (SSSR count). The predicted octanol–water partition coefficient (Wildman–Crippen LogP) is 3.24. The van der Waals surface area contributed by atoms with Crippen LogP contribution in [0.2, 0.25) is 0 Å². The van der Waals surface area contributed by atoms with Crippen LogP contribution in [0.25, 0.3) is 0 Å². The molecule has 0 aliphatic carbocycles. The summed E-state index contributed by atoms with van der Waals surface area (Å²) in [6.45, 7) is 10.1. The van der Waals surface area contributed by atoms with E-state index in [2.05, 4.69) is 67.9 Å². The lowest BCUT2D eigenvalue weighted by Gasteiger charge is -2.52. The molecule has 2 N–H and O–H groups in total. The zero-order chi connectivity index (χ0) is 13.9. The lowest BCUT2D eigenvalue weighted by atomic mass is 9.82. The first-order chi connectivity index (χ1) is 8.92. The Morgan fingerprint density at radius 3 is 2.16 bits per heavy atom. The first-order valence-corrected chi connectivity index (χ1v) is 7.25. The van der Waals surface area contributed by atoms with Gasteiger partial charge in [-0.25, -0.2) is 10.4 Å². The highest BCUT2D eigenvalue weighted by Crippen LogP contribution is 2.36. The van der Waals surface area contributed by atoms with Crippen molar-refractivity contribution in [1.29, 1.82) is 0 Å². The van der Waals surface area contributed by atoms with E-state index in [0.29, 0.717) is 0 Å². The van der Waals surface area contributed by atoms with E-state index >= 15 is 0 Å². The van der Waals surface area contributed by atoms with Crippen LogP contribution in [0.4, 0.5) is 0 Å². The van der Waals surface area contributed by atoms with Crippen LogP contribution < -0.4 is 11.0 Å². The number of nitrogens with one attached hydrogen (secondary N) is 2. The van der Waals surface area contributed by atoms with Crippen molar-refractivity contribution >= 4 is 0 Å². The molecule has 0 radical (unpaired) electrons. The number of hydrazine groups is 2. The van der Waals surface area contributed by atoms with Crippen molar-refractivity contribution in [3.63, 3.8) is 0 Å². The van der Waals surface area contributed by atoms with Crippen molar-refractivity contribution in [2.45, 2.75) is 64.6 Å². The molecule has 0 atom stereocenters. The van der Waals surface area contributed by atoms with Gasteiger partial charge < -0.3 is 0 Å². The van der Waals surface area contributed by atoms with Crippen LogP contribution in [-0.2, 0) is 6.54 Å². The van der Waals surface area contributed by atoms with Crippen molar-refractivity contribution in [1.82, 2.24) is 16.0 Å². The van der Waals surface area contributed by atoms with Crippen LogP contribution in [0.5, 0.6) is 0 Å². The molecule has 1 aliphatic heterocycles. The van der Waals surface area contributed by atoms with Gasteiger partial charge in [0.05, 0.1) is 0 Å². The van der Waals surface area contributed by atoms with Gasteiger partial charge in [-0.05, 0) is 52.5 Å². The predicted molar refractivity (Wildman–Crippen MR) is 80.3 cm³/mol. The second kappa shape index (κ2) is 5.61. The van der Waals surface area contributed by atoms with Crippen LogP contribution in [0.3, 0.4) is 0 Å². The van der Waals surface area contributed by atoms with Crippen LogP contribution in [0.15, 0.2) is 30.3 Å². The SMILES string of the molecule is CC1(C)CCCC(C)(C)N1NNCc1ccccc1. The summed E-state index contributed by atoms with van der Waals surface area (Å²) in [7, 11) is 0. The monoisotopic (exact) mass is 261 g/mol. The average molecular weight is 261 g/mol. The van der Waals surface area contributed by atoms with Gasteiger partial charge in [0, 0.05) is 17.6 Å². The summed E-state index contributed by atoms with van der Waals surface area (Å²) in [6, 6.07) is 10.5. The molecule has 0 amide bonds. The van der Waals surface area contributed by atoms with Crippen molar-refractivity contribution in [3.8, 4) is 0 Å². The van der Waals surface area contributed by atoms with E-state index in [1.165, 1.54) is 24.8 Å². The fourth-order valence-electron chi connectivity index (χ4n) is 3.12. The number of piperidine rings is 1. The maximum atomic E-state index is 3.43. The molecule has 106 valence electrons. The minimum absolute atomic E-state index is 0.186. The Labute approximate surface area is 117 Å². The van der Waals surface area contributed by atoms with Crippen molar-refractivity contribution in [3.05, 3.63) is 35.9 Å². The molecule has 3 heteroatoms. The molecule has 1 heterocycles. The van der Waals surface area contributed by atoms with Crippen molar-refractivity contribution < 1.29 is 0 Å². The van der Waals surface area contributed by atoms with Crippen LogP contribution >= 0.6 is 0 Å². The smallest absolute Gasteiger partial charge is 0.0364 e. The van der Waals surface area contributed by atoms with Crippen LogP contribution in [0, 0.1) is 0 Å². The Kier molecular flexibility index (Phi) is 4.29. The summed E-state index contributed by atoms with van der Waals surface area (Å²) in [5, 5.41) is 2.38. The van der Waals surface area contributed by atoms with E-state index < -0.39 is 0 Å². The third-order valence-corrected chi connectivity index (χ3v) is 4.11. The minimum atomic E-state index is 0.186. The first-order valence-electron chi connectivity index (χ1n) is 7.25. The highest BCUT2D eigenvalue weighted by Gasteiger charge is 2.41. The van der Waals surface area contributed by atoms with Gasteiger partial charge in [-0.1, -0.05) is 30.3 Å². The van der Waals surface area contributed by atoms with Gasteiger partial charge in [0.15, 0.2) is 0 Å². The van der Waals surface area contributed by atoms with E-state index in [-0.39, 0.29) is 11.1 Å².